The molecule has 100 valence electrons. The van der Waals surface area contributed by atoms with Crippen molar-refractivity contribution in [3.05, 3.63) is 30.5 Å². The van der Waals surface area contributed by atoms with Crippen molar-refractivity contribution in [1.82, 2.24) is 4.98 Å². The molecule has 0 radical (unpaired) electrons. The highest BCUT2D eigenvalue weighted by Crippen LogP contribution is 2.25. The Hall–Kier alpha value is -1.81. The van der Waals surface area contributed by atoms with E-state index < -0.39 is 0 Å². The van der Waals surface area contributed by atoms with Gasteiger partial charge in [-0.1, -0.05) is 6.07 Å². The summed E-state index contributed by atoms with van der Waals surface area (Å²) in [5.41, 5.74) is 0. The fraction of sp³-hybridized carbons (Fsp3) is 0.400. The molecule has 2 aromatic rings. The van der Waals surface area contributed by atoms with E-state index in [2.05, 4.69) is 10.3 Å². The molecule has 1 fully saturated rings. The van der Waals surface area contributed by atoms with Crippen LogP contribution in [0.3, 0.4) is 0 Å². The number of ether oxygens (including phenoxy) is 1. The molecule has 4 heteroatoms. The van der Waals surface area contributed by atoms with E-state index >= 15 is 0 Å². The predicted molar refractivity (Wildman–Crippen MR) is 75.5 cm³/mol. The minimum atomic E-state index is 0.262. The molecule has 19 heavy (non-hydrogen) atoms. The van der Waals surface area contributed by atoms with Gasteiger partial charge < -0.3 is 15.2 Å². The molecule has 1 atom stereocenters. The van der Waals surface area contributed by atoms with Crippen molar-refractivity contribution in [1.29, 1.82) is 0 Å². The number of benzene rings is 1. The van der Waals surface area contributed by atoms with Gasteiger partial charge >= 0.3 is 0 Å². The second kappa shape index (κ2) is 5.45. The highest BCUT2D eigenvalue weighted by Gasteiger charge is 2.14. The minimum Gasteiger partial charge on any atom is -0.508 e. The molecule has 2 N–H and O–H groups in total. The average Bonchev–Trinajstić information content (AvgIpc) is 2.46. The molecule has 1 unspecified atom stereocenters. The summed E-state index contributed by atoms with van der Waals surface area (Å²) in [5, 5.41) is 14.9. The molecule has 1 aromatic carbocycles. The lowest BCUT2D eigenvalue weighted by Crippen LogP contribution is -2.27. The van der Waals surface area contributed by atoms with Gasteiger partial charge in [0.2, 0.25) is 0 Å². The summed E-state index contributed by atoms with van der Waals surface area (Å²) in [7, 11) is 0. The SMILES string of the molecule is Oc1ccc2ccnc(NCC3CCCCO3)c2c1. The quantitative estimate of drug-likeness (QED) is 0.888. The molecule has 0 amide bonds. The summed E-state index contributed by atoms with van der Waals surface area (Å²) in [6.45, 7) is 1.62. The molecule has 0 bridgehead atoms. The first-order valence-electron chi connectivity index (χ1n) is 6.76. The average molecular weight is 258 g/mol. The van der Waals surface area contributed by atoms with E-state index in [1.165, 1.54) is 6.42 Å². The predicted octanol–water partition coefficient (Wildman–Crippen LogP) is 2.92. The highest BCUT2D eigenvalue weighted by atomic mass is 16.5. The zero-order chi connectivity index (χ0) is 13.1. The molecular weight excluding hydrogens is 240 g/mol. The van der Waals surface area contributed by atoms with E-state index in [4.69, 9.17) is 4.74 Å². The molecule has 3 rings (SSSR count). The van der Waals surface area contributed by atoms with Crippen LogP contribution >= 0.6 is 0 Å². The third kappa shape index (κ3) is 2.79. The van der Waals surface area contributed by atoms with Crippen LogP contribution in [0.25, 0.3) is 10.8 Å². The van der Waals surface area contributed by atoms with Gasteiger partial charge in [0, 0.05) is 24.7 Å². The van der Waals surface area contributed by atoms with Crippen LogP contribution in [-0.4, -0.2) is 29.3 Å². The number of fused-ring (bicyclic) bond motifs is 1. The van der Waals surface area contributed by atoms with E-state index in [0.29, 0.717) is 0 Å². The molecule has 1 aliphatic rings. The lowest BCUT2D eigenvalue weighted by atomic mass is 10.1. The van der Waals surface area contributed by atoms with Crippen LogP contribution in [0.1, 0.15) is 19.3 Å². The molecular formula is C15H18N2O2. The summed E-state index contributed by atoms with van der Waals surface area (Å²) in [5.74, 6) is 1.07. The maximum Gasteiger partial charge on any atom is 0.134 e. The fourth-order valence-corrected chi connectivity index (χ4v) is 2.48. The Morgan fingerprint density at radius 1 is 1.32 bits per heavy atom. The van der Waals surface area contributed by atoms with Gasteiger partial charge in [0.15, 0.2) is 0 Å². The number of nitrogens with one attached hydrogen (secondary N) is 1. The molecule has 0 saturated carbocycles. The zero-order valence-corrected chi connectivity index (χ0v) is 10.8. The van der Waals surface area contributed by atoms with Crippen molar-refractivity contribution in [2.75, 3.05) is 18.5 Å². The van der Waals surface area contributed by atoms with Crippen LogP contribution < -0.4 is 5.32 Å². The third-order valence-electron chi connectivity index (χ3n) is 3.52. The molecule has 1 aromatic heterocycles. The largest absolute Gasteiger partial charge is 0.508 e. The van der Waals surface area contributed by atoms with Crippen molar-refractivity contribution in [2.45, 2.75) is 25.4 Å². The van der Waals surface area contributed by atoms with E-state index in [0.717, 1.165) is 42.6 Å². The van der Waals surface area contributed by atoms with Gasteiger partial charge in [0.25, 0.3) is 0 Å². The normalized spacial score (nSPS) is 19.5. The van der Waals surface area contributed by atoms with Crippen LogP contribution in [-0.2, 0) is 4.74 Å². The number of aromatic nitrogens is 1. The Balaban J connectivity index is 1.78. The van der Waals surface area contributed by atoms with Crippen molar-refractivity contribution >= 4 is 16.6 Å². The first kappa shape index (κ1) is 12.2. The Labute approximate surface area is 112 Å². The molecule has 0 spiro atoms. The van der Waals surface area contributed by atoms with E-state index in [9.17, 15) is 5.11 Å². The van der Waals surface area contributed by atoms with Gasteiger partial charge in [-0.25, -0.2) is 4.98 Å². The van der Waals surface area contributed by atoms with Gasteiger partial charge in [0.1, 0.15) is 11.6 Å². The van der Waals surface area contributed by atoms with Crippen molar-refractivity contribution < 1.29 is 9.84 Å². The van der Waals surface area contributed by atoms with Crippen LogP contribution in [0.2, 0.25) is 0 Å². The van der Waals surface area contributed by atoms with E-state index in [-0.39, 0.29) is 11.9 Å². The standard InChI is InChI=1S/C15H18N2O2/c18-12-5-4-11-6-7-16-15(14(11)9-12)17-10-13-3-1-2-8-19-13/h4-7,9,13,18H,1-3,8,10H2,(H,16,17). The summed E-state index contributed by atoms with van der Waals surface area (Å²) >= 11 is 0. The first-order valence-corrected chi connectivity index (χ1v) is 6.76. The highest BCUT2D eigenvalue weighted by molar-refractivity contribution is 5.92. The molecule has 0 aliphatic carbocycles. The second-order valence-electron chi connectivity index (χ2n) is 4.93. The van der Waals surface area contributed by atoms with Gasteiger partial charge in [-0.05, 0) is 42.8 Å². The maximum atomic E-state index is 9.59. The van der Waals surface area contributed by atoms with Crippen LogP contribution in [0.5, 0.6) is 5.75 Å². The monoisotopic (exact) mass is 258 g/mol. The number of phenolic OH excluding ortho intramolecular Hbond substituents is 1. The molecule has 4 nitrogen and oxygen atoms in total. The second-order valence-corrected chi connectivity index (χ2v) is 4.93. The Morgan fingerprint density at radius 3 is 3.11 bits per heavy atom. The summed E-state index contributed by atoms with van der Waals surface area (Å²) in [6.07, 6.45) is 5.54. The zero-order valence-electron chi connectivity index (χ0n) is 10.8. The first-order chi connectivity index (χ1) is 9.33. The van der Waals surface area contributed by atoms with Crippen molar-refractivity contribution in [3.8, 4) is 5.75 Å². The fourth-order valence-electron chi connectivity index (χ4n) is 2.48. The number of hydrogen-bond acceptors (Lipinski definition) is 4. The van der Waals surface area contributed by atoms with Gasteiger partial charge in [-0.3, -0.25) is 0 Å². The maximum absolute atomic E-state index is 9.59. The van der Waals surface area contributed by atoms with E-state index in [1.807, 2.05) is 12.1 Å². The molecule has 1 saturated heterocycles. The van der Waals surface area contributed by atoms with Crippen LogP contribution in [0, 0.1) is 0 Å². The van der Waals surface area contributed by atoms with Gasteiger partial charge in [-0.15, -0.1) is 0 Å². The smallest absolute Gasteiger partial charge is 0.134 e. The number of phenols is 1. The van der Waals surface area contributed by atoms with Gasteiger partial charge in [0.05, 0.1) is 6.10 Å². The van der Waals surface area contributed by atoms with Crippen molar-refractivity contribution in [3.63, 3.8) is 0 Å². The van der Waals surface area contributed by atoms with Gasteiger partial charge in [-0.2, -0.15) is 0 Å². The third-order valence-corrected chi connectivity index (χ3v) is 3.52. The van der Waals surface area contributed by atoms with E-state index in [1.54, 1.807) is 18.3 Å². The van der Waals surface area contributed by atoms with Crippen LogP contribution in [0.15, 0.2) is 30.5 Å². The summed E-state index contributed by atoms with van der Waals surface area (Å²) in [4.78, 5) is 4.35. The number of pyridine rings is 1. The topological polar surface area (TPSA) is 54.4 Å². The number of hydrogen-bond donors (Lipinski definition) is 2. The molecule has 1 aliphatic heterocycles. The lowest BCUT2D eigenvalue weighted by Gasteiger charge is -2.23. The molecule has 2 heterocycles. The Morgan fingerprint density at radius 2 is 2.26 bits per heavy atom. The number of nitrogens with zero attached hydrogens (tertiary/aromatic N) is 1. The number of anilines is 1. The van der Waals surface area contributed by atoms with Crippen LogP contribution in [0.4, 0.5) is 5.82 Å². The summed E-state index contributed by atoms with van der Waals surface area (Å²) in [6, 6.07) is 7.27. The minimum absolute atomic E-state index is 0.262. The number of aromatic hydroxyl groups is 1. The Kier molecular flexibility index (Phi) is 3.51. The number of rotatable bonds is 3. The lowest BCUT2D eigenvalue weighted by molar-refractivity contribution is 0.0247. The Bertz CT molecular complexity index is 565. The van der Waals surface area contributed by atoms with Crippen molar-refractivity contribution in [2.24, 2.45) is 0 Å². The summed E-state index contributed by atoms with van der Waals surface area (Å²) < 4.78 is 5.70.